The Morgan fingerprint density at radius 3 is 1.49 bits per heavy atom. The Bertz CT molecular complexity index is 2760. The molecule has 0 spiro atoms. The van der Waals surface area contributed by atoms with Crippen LogP contribution in [0.1, 0.15) is 0 Å². The second-order valence-electron chi connectivity index (χ2n) is 11.8. The summed E-state index contributed by atoms with van der Waals surface area (Å²) in [6, 6.07) is 57.8. The lowest BCUT2D eigenvalue weighted by Crippen LogP contribution is -1.94. The zero-order valence-corrected chi connectivity index (χ0v) is 25.1. The van der Waals surface area contributed by atoms with Crippen LogP contribution in [0, 0.1) is 0 Å². The first-order valence-electron chi connectivity index (χ1n) is 15.4. The first kappa shape index (κ1) is 24.8. The molecule has 0 aliphatic heterocycles. The van der Waals surface area contributed by atoms with Crippen LogP contribution in [0.15, 0.2) is 158 Å². The van der Waals surface area contributed by atoms with Crippen molar-refractivity contribution in [3.05, 3.63) is 158 Å². The number of aromatic nitrogens is 2. The van der Waals surface area contributed by atoms with Gasteiger partial charge in [0.25, 0.3) is 0 Å². The fourth-order valence-corrected chi connectivity index (χ4v) is 8.37. The lowest BCUT2D eigenvalue weighted by Gasteiger charge is -2.11. The van der Waals surface area contributed by atoms with Gasteiger partial charge in [0.1, 0.15) is 0 Å². The molecule has 0 saturated heterocycles. The maximum absolute atomic E-state index is 2.44. The lowest BCUT2D eigenvalue weighted by molar-refractivity contribution is 1.18. The molecular formula is C42H26N2S. The first-order valence-corrected chi connectivity index (χ1v) is 16.2. The summed E-state index contributed by atoms with van der Waals surface area (Å²) in [5, 5.41) is 7.72. The van der Waals surface area contributed by atoms with Crippen LogP contribution in [-0.2, 0) is 0 Å². The van der Waals surface area contributed by atoms with Crippen molar-refractivity contribution >= 4 is 75.1 Å². The van der Waals surface area contributed by atoms with Gasteiger partial charge in [0.15, 0.2) is 0 Å². The van der Waals surface area contributed by atoms with E-state index in [1.807, 2.05) is 11.3 Å². The van der Waals surface area contributed by atoms with Gasteiger partial charge in [-0.3, -0.25) is 0 Å². The smallest absolute Gasteiger partial charge is 0.0547 e. The first-order chi connectivity index (χ1) is 22.3. The van der Waals surface area contributed by atoms with Crippen LogP contribution in [0.2, 0.25) is 0 Å². The van der Waals surface area contributed by atoms with E-state index in [0.29, 0.717) is 0 Å². The fraction of sp³-hybridized carbons (Fsp3) is 0. The molecule has 3 heterocycles. The SMILES string of the molecule is c1ccc(-n2c3ccccc3c3ccc(-c4ccc5c6ccccc6n(-c6ccc7sc8ccccc8c7c6)c5c4)cc32)cc1. The molecule has 0 saturated carbocycles. The largest absolute Gasteiger partial charge is 0.309 e. The van der Waals surface area contributed by atoms with Crippen molar-refractivity contribution < 1.29 is 0 Å². The van der Waals surface area contributed by atoms with Crippen molar-refractivity contribution in [1.29, 1.82) is 0 Å². The molecule has 0 atom stereocenters. The van der Waals surface area contributed by atoms with Gasteiger partial charge in [-0.2, -0.15) is 0 Å². The monoisotopic (exact) mass is 590 g/mol. The minimum absolute atomic E-state index is 1.17. The molecule has 210 valence electrons. The Balaban J connectivity index is 1.22. The van der Waals surface area contributed by atoms with E-state index >= 15 is 0 Å². The summed E-state index contributed by atoms with van der Waals surface area (Å²) in [5.41, 5.74) is 9.67. The third-order valence-electron chi connectivity index (χ3n) is 9.31. The number of para-hydroxylation sites is 3. The normalized spacial score (nSPS) is 12.0. The summed E-state index contributed by atoms with van der Waals surface area (Å²) >= 11 is 1.87. The molecular weight excluding hydrogens is 565 g/mol. The molecule has 10 aromatic rings. The number of rotatable bonds is 3. The van der Waals surface area contributed by atoms with Crippen molar-refractivity contribution in [3.63, 3.8) is 0 Å². The minimum Gasteiger partial charge on any atom is -0.309 e. The second kappa shape index (κ2) is 9.43. The third-order valence-corrected chi connectivity index (χ3v) is 10.5. The van der Waals surface area contributed by atoms with Gasteiger partial charge in [-0.05, 0) is 71.8 Å². The molecule has 0 N–H and O–H groups in total. The molecule has 45 heavy (non-hydrogen) atoms. The molecule has 2 nitrogen and oxygen atoms in total. The van der Waals surface area contributed by atoms with Gasteiger partial charge in [-0.25, -0.2) is 0 Å². The van der Waals surface area contributed by atoms with Crippen LogP contribution >= 0.6 is 11.3 Å². The molecule has 0 aliphatic rings. The Kier molecular flexibility index (Phi) is 5.19. The minimum atomic E-state index is 1.17. The van der Waals surface area contributed by atoms with Crippen LogP contribution in [0.4, 0.5) is 0 Å². The summed E-state index contributed by atoms with van der Waals surface area (Å²) in [7, 11) is 0. The van der Waals surface area contributed by atoms with Gasteiger partial charge in [0.05, 0.1) is 22.1 Å². The molecule has 3 heteroatoms. The number of nitrogens with zero attached hydrogens (tertiary/aromatic N) is 2. The summed E-state index contributed by atoms with van der Waals surface area (Å²) in [4.78, 5) is 0. The zero-order chi connectivity index (χ0) is 29.5. The fourth-order valence-electron chi connectivity index (χ4n) is 7.29. The van der Waals surface area contributed by atoms with Gasteiger partial charge >= 0.3 is 0 Å². The number of fused-ring (bicyclic) bond motifs is 9. The Hall–Kier alpha value is -5.64. The van der Waals surface area contributed by atoms with Gasteiger partial charge < -0.3 is 9.13 Å². The topological polar surface area (TPSA) is 9.86 Å². The van der Waals surface area contributed by atoms with Crippen LogP contribution in [-0.4, -0.2) is 9.13 Å². The Morgan fingerprint density at radius 2 is 0.822 bits per heavy atom. The summed E-state index contributed by atoms with van der Waals surface area (Å²) in [6.45, 7) is 0. The molecule has 0 amide bonds. The Labute approximate surface area is 263 Å². The zero-order valence-electron chi connectivity index (χ0n) is 24.3. The average molecular weight is 591 g/mol. The highest BCUT2D eigenvalue weighted by atomic mass is 32.1. The average Bonchev–Trinajstić information content (AvgIpc) is 3.75. The van der Waals surface area contributed by atoms with Gasteiger partial charge in [0, 0.05) is 53.1 Å². The summed E-state index contributed by atoms with van der Waals surface area (Å²) in [5.74, 6) is 0. The van der Waals surface area contributed by atoms with E-state index in [9.17, 15) is 0 Å². The number of hydrogen-bond donors (Lipinski definition) is 0. The van der Waals surface area contributed by atoms with Gasteiger partial charge in [-0.15, -0.1) is 11.3 Å². The van der Waals surface area contributed by atoms with Crippen LogP contribution < -0.4 is 0 Å². The van der Waals surface area contributed by atoms with E-state index in [-0.39, 0.29) is 0 Å². The van der Waals surface area contributed by atoms with Gasteiger partial charge in [-0.1, -0.05) is 97.1 Å². The molecule has 3 aromatic heterocycles. The quantitative estimate of drug-likeness (QED) is 0.194. The summed E-state index contributed by atoms with van der Waals surface area (Å²) in [6.07, 6.45) is 0. The van der Waals surface area contributed by atoms with E-state index in [0.717, 1.165) is 0 Å². The highest BCUT2D eigenvalue weighted by molar-refractivity contribution is 7.25. The molecule has 0 bridgehead atoms. The van der Waals surface area contributed by atoms with E-state index in [1.54, 1.807) is 0 Å². The highest BCUT2D eigenvalue weighted by Crippen LogP contribution is 2.40. The summed E-state index contributed by atoms with van der Waals surface area (Å²) < 4.78 is 7.49. The maximum Gasteiger partial charge on any atom is 0.0547 e. The van der Waals surface area contributed by atoms with Crippen LogP contribution in [0.5, 0.6) is 0 Å². The van der Waals surface area contributed by atoms with Crippen molar-refractivity contribution in [2.75, 3.05) is 0 Å². The van der Waals surface area contributed by atoms with Crippen molar-refractivity contribution in [2.24, 2.45) is 0 Å². The van der Waals surface area contributed by atoms with E-state index in [4.69, 9.17) is 0 Å². The maximum atomic E-state index is 2.44. The number of benzene rings is 7. The number of thiophene rings is 1. The predicted octanol–water partition coefficient (Wildman–Crippen LogP) is 11.9. The molecule has 0 fully saturated rings. The third kappa shape index (κ3) is 3.62. The van der Waals surface area contributed by atoms with Crippen molar-refractivity contribution in [1.82, 2.24) is 9.13 Å². The molecule has 7 aromatic carbocycles. The van der Waals surface area contributed by atoms with Crippen molar-refractivity contribution in [2.45, 2.75) is 0 Å². The van der Waals surface area contributed by atoms with E-state index in [2.05, 4.69) is 167 Å². The highest BCUT2D eigenvalue weighted by Gasteiger charge is 2.17. The van der Waals surface area contributed by atoms with Gasteiger partial charge in [0.2, 0.25) is 0 Å². The number of hydrogen-bond acceptors (Lipinski definition) is 1. The van der Waals surface area contributed by atoms with E-state index < -0.39 is 0 Å². The van der Waals surface area contributed by atoms with Crippen molar-refractivity contribution in [3.8, 4) is 22.5 Å². The molecule has 0 radical (unpaired) electrons. The standard InChI is InChI=1S/C42H26N2S/c1-2-10-29(11-3-1)43-37-15-7-4-12-31(37)33-21-18-27(24-39(33)43)28-19-22-34-32-13-5-8-16-38(32)44(40(34)25-28)30-20-23-42-36(26-30)35-14-6-9-17-41(35)45-42/h1-26H. The molecule has 10 rings (SSSR count). The van der Waals surface area contributed by atoms with Crippen LogP contribution in [0.3, 0.4) is 0 Å². The van der Waals surface area contributed by atoms with E-state index in [1.165, 1.54) is 86.3 Å². The molecule has 0 unspecified atom stereocenters. The van der Waals surface area contributed by atoms with Crippen LogP contribution in [0.25, 0.3) is 86.3 Å². The second-order valence-corrected chi connectivity index (χ2v) is 12.9. The lowest BCUT2D eigenvalue weighted by atomic mass is 10.0. The predicted molar refractivity (Wildman–Crippen MR) is 193 cm³/mol. The molecule has 0 aliphatic carbocycles. The Morgan fingerprint density at radius 1 is 0.311 bits per heavy atom.